The van der Waals surface area contributed by atoms with Crippen LogP contribution in [0.25, 0.3) is 0 Å². The summed E-state index contributed by atoms with van der Waals surface area (Å²) in [6, 6.07) is 7.77. The van der Waals surface area contributed by atoms with Gasteiger partial charge in [0.05, 0.1) is 18.8 Å². The molecule has 1 aliphatic heterocycles. The Labute approximate surface area is 196 Å². The van der Waals surface area contributed by atoms with Crippen LogP contribution in [0.3, 0.4) is 0 Å². The van der Waals surface area contributed by atoms with Crippen molar-refractivity contribution >= 4 is 35.2 Å². The van der Waals surface area contributed by atoms with E-state index in [0.29, 0.717) is 24.6 Å². The minimum Gasteiger partial charge on any atom is -0.465 e. The van der Waals surface area contributed by atoms with E-state index in [1.807, 2.05) is 0 Å². The third kappa shape index (κ3) is 7.14. The van der Waals surface area contributed by atoms with Gasteiger partial charge in [0.1, 0.15) is 12.3 Å². The Morgan fingerprint density at radius 2 is 2.00 bits per heavy atom. The summed E-state index contributed by atoms with van der Waals surface area (Å²) >= 11 is 0. The molecule has 0 unspecified atom stereocenters. The van der Waals surface area contributed by atoms with Gasteiger partial charge in [-0.2, -0.15) is 0 Å². The summed E-state index contributed by atoms with van der Waals surface area (Å²) in [6.45, 7) is 2.43. The van der Waals surface area contributed by atoms with Crippen molar-refractivity contribution in [1.82, 2.24) is 10.5 Å². The topological polar surface area (TPSA) is 140 Å². The standard InChI is InChI=1S/C23H28N4O7/c1-15-11-19(26-34-15)25-20(28)8-9-22(30)27(14-21(29)24-13-18-7-4-10-33-18)17-6-3-5-16(12-17)23(31)32-2/h3,5-6,11-12,18H,4,7-10,13-14H2,1-2H3,(H,24,29)(H,25,26,28)/t18-/m1/s1. The maximum atomic E-state index is 13.0. The van der Waals surface area contributed by atoms with Crippen LogP contribution in [0.1, 0.15) is 41.8 Å². The van der Waals surface area contributed by atoms with E-state index in [1.54, 1.807) is 31.2 Å². The number of hydrogen-bond acceptors (Lipinski definition) is 8. The minimum absolute atomic E-state index is 0.0420. The predicted molar refractivity (Wildman–Crippen MR) is 121 cm³/mol. The van der Waals surface area contributed by atoms with Crippen molar-refractivity contribution in [1.29, 1.82) is 0 Å². The lowest BCUT2D eigenvalue weighted by Gasteiger charge is -2.23. The highest BCUT2D eigenvalue weighted by Crippen LogP contribution is 2.19. The van der Waals surface area contributed by atoms with Gasteiger partial charge >= 0.3 is 5.97 Å². The number of carbonyl (C=O) groups excluding carboxylic acids is 4. The van der Waals surface area contributed by atoms with Crippen molar-refractivity contribution in [3.05, 3.63) is 41.7 Å². The van der Waals surface area contributed by atoms with Crippen molar-refractivity contribution in [2.45, 2.75) is 38.7 Å². The van der Waals surface area contributed by atoms with Gasteiger partial charge in [0.25, 0.3) is 0 Å². The van der Waals surface area contributed by atoms with Gasteiger partial charge in [-0.25, -0.2) is 4.79 Å². The summed E-state index contributed by atoms with van der Waals surface area (Å²) in [5.41, 5.74) is 0.574. The second-order valence-corrected chi connectivity index (χ2v) is 7.83. The Hall–Kier alpha value is -3.73. The van der Waals surface area contributed by atoms with Gasteiger partial charge < -0.3 is 29.5 Å². The quantitative estimate of drug-likeness (QED) is 0.499. The Balaban J connectivity index is 1.66. The van der Waals surface area contributed by atoms with Crippen molar-refractivity contribution in [3.8, 4) is 0 Å². The van der Waals surface area contributed by atoms with Gasteiger partial charge in [-0.15, -0.1) is 0 Å². The van der Waals surface area contributed by atoms with Crippen LogP contribution in [0.5, 0.6) is 0 Å². The van der Waals surface area contributed by atoms with E-state index < -0.39 is 17.8 Å². The van der Waals surface area contributed by atoms with E-state index in [1.165, 1.54) is 18.1 Å². The number of esters is 1. The summed E-state index contributed by atoms with van der Waals surface area (Å²) in [7, 11) is 1.26. The molecule has 1 aromatic heterocycles. The van der Waals surface area contributed by atoms with E-state index in [0.717, 1.165) is 12.8 Å². The van der Waals surface area contributed by atoms with Gasteiger partial charge in [0.2, 0.25) is 17.7 Å². The Morgan fingerprint density at radius 1 is 1.18 bits per heavy atom. The molecule has 34 heavy (non-hydrogen) atoms. The molecule has 3 amide bonds. The minimum atomic E-state index is -0.570. The van der Waals surface area contributed by atoms with Crippen LogP contribution in [0.4, 0.5) is 11.5 Å². The number of aromatic nitrogens is 1. The monoisotopic (exact) mass is 472 g/mol. The third-order valence-corrected chi connectivity index (χ3v) is 5.19. The maximum Gasteiger partial charge on any atom is 0.337 e. The molecule has 3 rings (SSSR count). The molecule has 0 spiro atoms. The van der Waals surface area contributed by atoms with Crippen LogP contribution < -0.4 is 15.5 Å². The first-order valence-corrected chi connectivity index (χ1v) is 11.0. The third-order valence-electron chi connectivity index (χ3n) is 5.19. The number of rotatable bonds is 10. The average Bonchev–Trinajstić information content (AvgIpc) is 3.50. The normalized spacial score (nSPS) is 14.9. The maximum absolute atomic E-state index is 13.0. The highest BCUT2D eigenvalue weighted by molar-refractivity contribution is 6.02. The number of aryl methyl sites for hydroxylation is 1. The van der Waals surface area contributed by atoms with E-state index in [-0.39, 0.29) is 42.8 Å². The zero-order chi connectivity index (χ0) is 24.5. The van der Waals surface area contributed by atoms with Gasteiger partial charge in [0, 0.05) is 37.7 Å². The molecule has 1 aromatic carbocycles. The highest BCUT2D eigenvalue weighted by atomic mass is 16.5. The average molecular weight is 472 g/mol. The first-order chi connectivity index (χ1) is 16.4. The van der Waals surface area contributed by atoms with Crippen LogP contribution in [0.2, 0.25) is 0 Å². The van der Waals surface area contributed by atoms with Crippen LogP contribution in [-0.4, -0.2) is 61.8 Å². The number of nitrogens with one attached hydrogen (secondary N) is 2. The molecule has 11 nitrogen and oxygen atoms in total. The summed E-state index contributed by atoms with van der Waals surface area (Å²) in [5, 5.41) is 9.02. The lowest BCUT2D eigenvalue weighted by atomic mass is 10.1. The van der Waals surface area contributed by atoms with Crippen molar-refractivity contribution < 1.29 is 33.2 Å². The van der Waals surface area contributed by atoms with Crippen molar-refractivity contribution in [3.63, 3.8) is 0 Å². The molecule has 1 atom stereocenters. The Kier molecular flexibility index (Phi) is 8.74. The van der Waals surface area contributed by atoms with Crippen molar-refractivity contribution in [2.75, 3.05) is 37.0 Å². The first kappa shape index (κ1) is 24.9. The predicted octanol–water partition coefficient (Wildman–Crippen LogP) is 1.82. The molecule has 2 aromatic rings. The number of ether oxygens (including phenoxy) is 2. The fraction of sp³-hybridized carbons (Fsp3) is 0.435. The summed E-state index contributed by atoms with van der Waals surface area (Å²) in [6.07, 6.45) is 1.48. The Morgan fingerprint density at radius 3 is 2.68 bits per heavy atom. The fourth-order valence-electron chi connectivity index (χ4n) is 3.46. The number of nitrogens with zero attached hydrogens (tertiary/aromatic N) is 2. The lowest BCUT2D eigenvalue weighted by molar-refractivity contribution is -0.125. The molecule has 1 fully saturated rings. The largest absolute Gasteiger partial charge is 0.465 e. The van der Waals surface area contributed by atoms with Crippen LogP contribution >= 0.6 is 0 Å². The van der Waals surface area contributed by atoms with Crippen LogP contribution in [-0.2, 0) is 23.9 Å². The second-order valence-electron chi connectivity index (χ2n) is 7.83. The number of methoxy groups -OCH3 is 1. The lowest BCUT2D eigenvalue weighted by Crippen LogP contribution is -2.43. The molecular weight excluding hydrogens is 444 g/mol. The first-order valence-electron chi connectivity index (χ1n) is 11.0. The van der Waals surface area contributed by atoms with E-state index in [4.69, 9.17) is 14.0 Å². The SMILES string of the molecule is COC(=O)c1cccc(N(CC(=O)NC[C@H]2CCCO2)C(=O)CCC(=O)Nc2cc(C)on2)c1. The number of anilines is 2. The second kappa shape index (κ2) is 11.9. The molecule has 2 heterocycles. The molecule has 0 radical (unpaired) electrons. The summed E-state index contributed by atoms with van der Waals surface area (Å²) in [4.78, 5) is 51.0. The number of hydrogen-bond donors (Lipinski definition) is 2. The molecule has 1 saturated heterocycles. The van der Waals surface area contributed by atoms with Crippen molar-refractivity contribution in [2.24, 2.45) is 0 Å². The molecule has 0 aliphatic carbocycles. The summed E-state index contributed by atoms with van der Waals surface area (Å²) in [5.74, 6) is -1.04. The zero-order valence-corrected chi connectivity index (χ0v) is 19.2. The molecule has 1 aliphatic rings. The van der Waals surface area contributed by atoms with Crippen LogP contribution in [0, 0.1) is 6.92 Å². The molecule has 0 saturated carbocycles. The van der Waals surface area contributed by atoms with Gasteiger partial charge in [-0.05, 0) is 38.0 Å². The molecule has 2 N–H and O–H groups in total. The number of benzene rings is 1. The molecule has 0 bridgehead atoms. The highest BCUT2D eigenvalue weighted by Gasteiger charge is 2.23. The fourth-order valence-corrected chi connectivity index (χ4v) is 3.46. The smallest absolute Gasteiger partial charge is 0.337 e. The molecule has 11 heteroatoms. The van der Waals surface area contributed by atoms with Gasteiger partial charge in [-0.3, -0.25) is 14.4 Å². The zero-order valence-electron chi connectivity index (χ0n) is 19.2. The van der Waals surface area contributed by atoms with Gasteiger partial charge in [-0.1, -0.05) is 11.2 Å². The summed E-state index contributed by atoms with van der Waals surface area (Å²) < 4.78 is 15.1. The van der Waals surface area contributed by atoms with Gasteiger partial charge in [0.15, 0.2) is 5.82 Å². The van der Waals surface area contributed by atoms with E-state index >= 15 is 0 Å². The Bertz CT molecular complexity index is 1030. The number of carbonyl (C=O) groups is 4. The molecule has 182 valence electrons. The van der Waals surface area contributed by atoms with Crippen LogP contribution in [0.15, 0.2) is 34.9 Å². The number of amides is 3. The van der Waals surface area contributed by atoms with E-state index in [2.05, 4.69) is 15.8 Å². The van der Waals surface area contributed by atoms with E-state index in [9.17, 15) is 19.2 Å². The molecular formula is C23H28N4O7.